The summed E-state index contributed by atoms with van der Waals surface area (Å²) in [6, 6.07) is 26.8. The number of anilines is 1. The second-order valence-corrected chi connectivity index (χ2v) is 7.41. The minimum atomic E-state index is 0.0963. The molecule has 0 saturated carbocycles. The zero-order valence-electron chi connectivity index (χ0n) is 15.9. The lowest BCUT2D eigenvalue weighted by Crippen LogP contribution is -2.38. The van der Waals surface area contributed by atoms with Crippen LogP contribution in [0.2, 0.25) is 0 Å². The molecule has 4 aromatic rings. The molecule has 0 bridgehead atoms. The van der Waals surface area contributed by atoms with Gasteiger partial charge in [0.1, 0.15) is 5.69 Å². The summed E-state index contributed by atoms with van der Waals surface area (Å²) >= 11 is 0. The molecule has 5 rings (SSSR count). The van der Waals surface area contributed by atoms with Gasteiger partial charge in [0.2, 0.25) is 0 Å². The summed E-state index contributed by atoms with van der Waals surface area (Å²) in [4.78, 5) is 15.5. The lowest BCUT2D eigenvalue weighted by Gasteiger charge is -2.28. The van der Waals surface area contributed by atoms with E-state index >= 15 is 0 Å². The third-order valence-corrected chi connectivity index (χ3v) is 5.67. The zero-order chi connectivity index (χ0) is 19.1. The smallest absolute Gasteiger partial charge is 0.275 e. The summed E-state index contributed by atoms with van der Waals surface area (Å²) < 4.78 is 2.23. The fourth-order valence-corrected chi connectivity index (χ4v) is 4.39. The van der Waals surface area contributed by atoms with E-state index in [1.54, 1.807) is 0 Å². The van der Waals surface area contributed by atoms with Crippen molar-refractivity contribution in [3.63, 3.8) is 0 Å². The van der Waals surface area contributed by atoms with Crippen LogP contribution in [0.4, 0.5) is 5.69 Å². The van der Waals surface area contributed by atoms with Crippen molar-refractivity contribution in [2.24, 2.45) is 0 Å². The van der Waals surface area contributed by atoms with Crippen LogP contribution in [-0.2, 0) is 13.0 Å². The number of hydrogen-bond acceptors (Lipinski definition) is 1. The van der Waals surface area contributed by atoms with Gasteiger partial charge in [0, 0.05) is 24.2 Å². The topological polar surface area (TPSA) is 25.2 Å². The number of carbonyl (C=O) groups is 1. The Bertz CT molecular complexity index is 1160. The van der Waals surface area contributed by atoms with Crippen molar-refractivity contribution in [2.45, 2.75) is 19.9 Å². The average molecular weight is 366 g/mol. The number of aromatic nitrogens is 1. The number of aryl methyl sites for hydroxylation is 1. The maximum Gasteiger partial charge on any atom is 0.275 e. The van der Waals surface area contributed by atoms with Gasteiger partial charge in [-0.15, -0.1) is 0 Å². The highest BCUT2D eigenvalue weighted by atomic mass is 16.2. The van der Waals surface area contributed by atoms with E-state index in [0.717, 1.165) is 17.8 Å². The molecule has 3 aromatic carbocycles. The third kappa shape index (κ3) is 2.63. The van der Waals surface area contributed by atoms with E-state index in [9.17, 15) is 4.79 Å². The molecule has 3 nitrogen and oxygen atoms in total. The summed E-state index contributed by atoms with van der Waals surface area (Å²) in [5.41, 5.74) is 6.58. The lowest BCUT2D eigenvalue weighted by atomic mass is 10.0. The Morgan fingerprint density at radius 2 is 1.57 bits per heavy atom. The quantitative estimate of drug-likeness (QED) is 0.489. The molecule has 0 fully saturated rings. The molecule has 2 heterocycles. The SMILES string of the molecule is Cc1cccc2c3c(n(Cc4ccccc4)c12)C(=O)N(c1ccccc1)CC3. The summed E-state index contributed by atoms with van der Waals surface area (Å²) in [7, 11) is 0. The Labute approximate surface area is 164 Å². The van der Waals surface area contributed by atoms with Crippen LogP contribution in [0.3, 0.4) is 0 Å². The first-order valence-electron chi connectivity index (χ1n) is 9.75. The van der Waals surface area contributed by atoms with Crippen LogP contribution in [0.1, 0.15) is 27.2 Å². The first-order chi connectivity index (χ1) is 13.7. The maximum atomic E-state index is 13.6. The monoisotopic (exact) mass is 366 g/mol. The van der Waals surface area contributed by atoms with Crippen molar-refractivity contribution in [3.05, 3.63) is 101 Å². The number of amides is 1. The number of carbonyl (C=O) groups excluding carboxylic acids is 1. The van der Waals surface area contributed by atoms with E-state index in [1.165, 1.54) is 27.6 Å². The second-order valence-electron chi connectivity index (χ2n) is 7.41. The van der Waals surface area contributed by atoms with Gasteiger partial charge in [0.15, 0.2) is 0 Å². The van der Waals surface area contributed by atoms with Gasteiger partial charge in [0.25, 0.3) is 5.91 Å². The predicted octanol–water partition coefficient (Wildman–Crippen LogP) is 5.20. The highest BCUT2D eigenvalue weighted by molar-refractivity contribution is 6.11. The molecule has 0 unspecified atom stereocenters. The van der Waals surface area contributed by atoms with E-state index in [2.05, 4.69) is 54.0 Å². The number of nitrogens with zero attached hydrogens (tertiary/aromatic N) is 2. The molecule has 0 spiro atoms. The number of hydrogen-bond donors (Lipinski definition) is 0. The number of benzene rings is 3. The standard InChI is InChI=1S/C25H22N2O/c1-18-9-8-14-21-22-15-16-26(20-12-6-3-7-13-20)25(28)24(22)27(23(18)21)17-19-10-4-2-5-11-19/h2-14H,15-17H2,1H3. The summed E-state index contributed by atoms with van der Waals surface area (Å²) in [6.45, 7) is 3.55. The van der Waals surface area contributed by atoms with Crippen LogP contribution in [0.5, 0.6) is 0 Å². The van der Waals surface area contributed by atoms with E-state index in [1.807, 2.05) is 41.3 Å². The molecule has 0 radical (unpaired) electrons. The number of fused-ring (bicyclic) bond motifs is 3. The van der Waals surface area contributed by atoms with Gasteiger partial charge in [-0.3, -0.25) is 4.79 Å². The maximum absolute atomic E-state index is 13.6. The fourth-order valence-electron chi connectivity index (χ4n) is 4.39. The summed E-state index contributed by atoms with van der Waals surface area (Å²) in [5, 5.41) is 1.21. The molecule has 28 heavy (non-hydrogen) atoms. The van der Waals surface area contributed by atoms with Gasteiger partial charge in [-0.1, -0.05) is 66.7 Å². The molecule has 1 amide bonds. The highest BCUT2D eigenvalue weighted by Crippen LogP contribution is 2.34. The molecule has 1 aliphatic rings. The lowest BCUT2D eigenvalue weighted by molar-refractivity contribution is 0.0972. The molecule has 0 atom stereocenters. The summed E-state index contributed by atoms with van der Waals surface area (Å²) in [5.74, 6) is 0.0963. The van der Waals surface area contributed by atoms with Gasteiger partial charge in [-0.05, 0) is 42.2 Å². The molecular weight excluding hydrogens is 344 g/mol. The summed E-state index contributed by atoms with van der Waals surface area (Å²) in [6.07, 6.45) is 0.873. The van der Waals surface area contributed by atoms with E-state index in [-0.39, 0.29) is 5.91 Å². The highest BCUT2D eigenvalue weighted by Gasteiger charge is 2.32. The average Bonchev–Trinajstić information content (AvgIpc) is 3.05. The minimum absolute atomic E-state index is 0.0963. The van der Waals surface area contributed by atoms with Crippen molar-refractivity contribution < 1.29 is 4.79 Å². The van der Waals surface area contributed by atoms with E-state index in [4.69, 9.17) is 0 Å². The molecule has 0 N–H and O–H groups in total. The van der Waals surface area contributed by atoms with Crippen molar-refractivity contribution in [1.29, 1.82) is 0 Å². The first-order valence-corrected chi connectivity index (χ1v) is 9.75. The Balaban J connectivity index is 1.71. The Morgan fingerprint density at radius 3 is 2.32 bits per heavy atom. The Morgan fingerprint density at radius 1 is 0.857 bits per heavy atom. The third-order valence-electron chi connectivity index (χ3n) is 5.67. The van der Waals surface area contributed by atoms with E-state index in [0.29, 0.717) is 13.1 Å². The molecule has 1 aromatic heterocycles. The van der Waals surface area contributed by atoms with Gasteiger partial charge < -0.3 is 9.47 Å². The predicted molar refractivity (Wildman–Crippen MR) is 114 cm³/mol. The van der Waals surface area contributed by atoms with Crippen molar-refractivity contribution >= 4 is 22.5 Å². The van der Waals surface area contributed by atoms with Crippen LogP contribution in [0.25, 0.3) is 10.9 Å². The molecule has 0 aliphatic carbocycles. The second kappa shape index (κ2) is 6.68. The first kappa shape index (κ1) is 16.8. The van der Waals surface area contributed by atoms with Gasteiger partial charge in [-0.2, -0.15) is 0 Å². The van der Waals surface area contributed by atoms with Crippen LogP contribution in [-0.4, -0.2) is 17.0 Å². The van der Waals surface area contributed by atoms with Crippen molar-refractivity contribution in [3.8, 4) is 0 Å². The van der Waals surface area contributed by atoms with Crippen LogP contribution >= 0.6 is 0 Å². The van der Waals surface area contributed by atoms with Gasteiger partial charge in [-0.25, -0.2) is 0 Å². The molecule has 138 valence electrons. The van der Waals surface area contributed by atoms with Crippen LogP contribution in [0.15, 0.2) is 78.9 Å². The molecule has 3 heteroatoms. The molecule has 0 saturated heterocycles. The van der Waals surface area contributed by atoms with Crippen LogP contribution in [0, 0.1) is 6.92 Å². The number of rotatable bonds is 3. The van der Waals surface area contributed by atoms with E-state index < -0.39 is 0 Å². The zero-order valence-corrected chi connectivity index (χ0v) is 15.9. The largest absolute Gasteiger partial charge is 0.332 e. The number of para-hydroxylation sites is 2. The van der Waals surface area contributed by atoms with Crippen molar-refractivity contribution in [1.82, 2.24) is 4.57 Å². The molecular formula is C25H22N2O. The van der Waals surface area contributed by atoms with Crippen LogP contribution < -0.4 is 4.90 Å². The molecule has 1 aliphatic heterocycles. The van der Waals surface area contributed by atoms with Gasteiger partial charge >= 0.3 is 0 Å². The van der Waals surface area contributed by atoms with Crippen molar-refractivity contribution in [2.75, 3.05) is 11.4 Å². The fraction of sp³-hybridized carbons (Fsp3) is 0.160. The Kier molecular flexibility index (Phi) is 4.01. The Hall–Kier alpha value is -3.33. The van der Waals surface area contributed by atoms with Gasteiger partial charge in [0.05, 0.1) is 5.52 Å². The normalized spacial score (nSPS) is 13.8. The minimum Gasteiger partial charge on any atom is -0.332 e.